The maximum atomic E-state index is 12.6. The summed E-state index contributed by atoms with van der Waals surface area (Å²) in [5.41, 5.74) is 1.77. The molecule has 9 heteroatoms. The standard InChI is InChI=1S/C17H16BrN3O3S2/c1-10-19-14-7-5-12(9-15(14)25-10)20-17(22)11-4-6-13(18)16(8-11)26(23,24)21(2)3/h4-9H,1-3H3,(H,20,22). The molecule has 0 atom stereocenters. The van der Waals surface area contributed by atoms with Gasteiger partial charge in [0.05, 0.1) is 20.1 Å². The number of hydrogen-bond acceptors (Lipinski definition) is 5. The molecule has 0 aliphatic heterocycles. The molecule has 0 aliphatic carbocycles. The largest absolute Gasteiger partial charge is 0.322 e. The molecule has 2 aromatic carbocycles. The Morgan fingerprint density at radius 1 is 1.19 bits per heavy atom. The third-order valence-corrected chi connectivity index (χ3v) is 7.45. The first kappa shape index (κ1) is 19.0. The van der Waals surface area contributed by atoms with Gasteiger partial charge in [-0.2, -0.15) is 0 Å². The number of halogens is 1. The Balaban J connectivity index is 1.92. The summed E-state index contributed by atoms with van der Waals surface area (Å²) in [7, 11) is -0.772. The zero-order chi connectivity index (χ0) is 19.1. The molecule has 3 aromatic rings. The number of aromatic nitrogens is 1. The molecule has 26 heavy (non-hydrogen) atoms. The van der Waals surface area contributed by atoms with Gasteiger partial charge in [0, 0.05) is 29.8 Å². The first-order valence-electron chi connectivity index (χ1n) is 7.59. The molecule has 0 radical (unpaired) electrons. The van der Waals surface area contributed by atoms with Crippen molar-refractivity contribution in [3.63, 3.8) is 0 Å². The van der Waals surface area contributed by atoms with Crippen molar-refractivity contribution < 1.29 is 13.2 Å². The van der Waals surface area contributed by atoms with Crippen LogP contribution in [0.1, 0.15) is 15.4 Å². The smallest absolute Gasteiger partial charge is 0.255 e. The van der Waals surface area contributed by atoms with E-state index in [0.717, 1.165) is 19.5 Å². The number of thiazole rings is 1. The minimum absolute atomic E-state index is 0.0451. The zero-order valence-corrected chi connectivity index (χ0v) is 17.5. The van der Waals surface area contributed by atoms with E-state index in [2.05, 4.69) is 26.2 Å². The summed E-state index contributed by atoms with van der Waals surface area (Å²) < 4.78 is 27.3. The fourth-order valence-corrected chi connectivity index (χ4v) is 5.07. The molecule has 1 amide bonds. The summed E-state index contributed by atoms with van der Waals surface area (Å²) >= 11 is 4.78. The van der Waals surface area contributed by atoms with Crippen LogP contribution in [0, 0.1) is 6.92 Å². The van der Waals surface area contributed by atoms with E-state index >= 15 is 0 Å². The van der Waals surface area contributed by atoms with Gasteiger partial charge in [0.1, 0.15) is 0 Å². The van der Waals surface area contributed by atoms with Crippen molar-refractivity contribution in [1.29, 1.82) is 0 Å². The van der Waals surface area contributed by atoms with Crippen molar-refractivity contribution in [2.24, 2.45) is 0 Å². The second-order valence-electron chi connectivity index (χ2n) is 5.80. The van der Waals surface area contributed by atoms with Gasteiger partial charge in [0.2, 0.25) is 10.0 Å². The number of hydrogen-bond donors (Lipinski definition) is 1. The summed E-state index contributed by atoms with van der Waals surface area (Å²) in [4.78, 5) is 17.0. The second-order valence-corrected chi connectivity index (χ2v) is 10.0. The number of amides is 1. The summed E-state index contributed by atoms with van der Waals surface area (Å²) in [6.07, 6.45) is 0. The van der Waals surface area contributed by atoms with Crippen LogP contribution in [-0.4, -0.2) is 37.7 Å². The number of nitrogens with zero attached hydrogens (tertiary/aromatic N) is 2. The second kappa shape index (κ2) is 7.07. The van der Waals surface area contributed by atoms with Crippen molar-refractivity contribution in [3.05, 3.63) is 51.4 Å². The molecule has 0 saturated heterocycles. The number of rotatable bonds is 4. The first-order valence-corrected chi connectivity index (χ1v) is 10.6. The molecule has 0 fully saturated rings. The first-order chi connectivity index (χ1) is 12.2. The Morgan fingerprint density at radius 3 is 2.62 bits per heavy atom. The van der Waals surface area contributed by atoms with Crippen LogP contribution < -0.4 is 5.32 Å². The minimum atomic E-state index is -3.66. The molecule has 1 heterocycles. The molecule has 3 rings (SSSR count). The summed E-state index contributed by atoms with van der Waals surface area (Å²) in [6, 6.07) is 9.97. The molecule has 6 nitrogen and oxygen atoms in total. The minimum Gasteiger partial charge on any atom is -0.322 e. The van der Waals surface area contributed by atoms with Crippen LogP contribution in [0.15, 0.2) is 45.8 Å². The third kappa shape index (κ3) is 3.66. The van der Waals surface area contributed by atoms with E-state index in [4.69, 9.17) is 0 Å². The van der Waals surface area contributed by atoms with E-state index in [9.17, 15) is 13.2 Å². The van der Waals surface area contributed by atoms with Gasteiger partial charge >= 0.3 is 0 Å². The Hall–Kier alpha value is -1.81. The predicted molar refractivity (Wildman–Crippen MR) is 107 cm³/mol. The molecule has 1 aromatic heterocycles. The van der Waals surface area contributed by atoms with Gasteiger partial charge in [-0.15, -0.1) is 11.3 Å². The van der Waals surface area contributed by atoms with Crippen molar-refractivity contribution in [2.45, 2.75) is 11.8 Å². The SMILES string of the molecule is Cc1nc2ccc(NC(=O)c3ccc(Br)c(S(=O)(=O)N(C)C)c3)cc2s1. The van der Waals surface area contributed by atoms with Crippen molar-refractivity contribution in [2.75, 3.05) is 19.4 Å². The Bertz CT molecular complexity index is 1110. The van der Waals surface area contributed by atoms with E-state index in [0.29, 0.717) is 10.2 Å². The lowest BCUT2D eigenvalue weighted by molar-refractivity contribution is 0.102. The molecule has 1 N–H and O–H groups in total. The zero-order valence-electron chi connectivity index (χ0n) is 14.3. The Kier molecular flexibility index (Phi) is 5.16. The monoisotopic (exact) mass is 453 g/mol. The maximum Gasteiger partial charge on any atom is 0.255 e. The number of anilines is 1. The normalized spacial score (nSPS) is 11.9. The molecule has 0 unspecified atom stereocenters. The lowest BCUT2D eigenvalue weighted by Crippen LogP contribution is -2.23. The molecule has 0 aliphatic rings. The van der Waals surface area contributed by atoms with Crippen LogP contribution in [0.25, 0.3) is 10.2 Å². The van der Waals surface area contributed by atoms with E-state index in [1.165, 1.54) is 20.2 Å². The van der Waals surface area contributed by atoms with Gasteiger partial charge in [-0.25, -0.2) is 17.7 Å². The molecular weight excluding hydrogens is 438 g/mol. The Labute approximate surface area is 164 Å². The highest BCUT2D eigenvalue weighted by Crippen LogP contribution is 2.27. The highest BCUT2D eigenvalue weighted by atomic mass is 79.9. The molecule has 0 saturated carbocycles. The molecule has 136 valence electrons. The van der Waals surface area contributed by atoms with E-state index in [-0.39, 0.29) is 16.4 Å². The van der Waals surface area contributed by atoms with Gasteiger partial charge in [-0.1, -0.05) is 0 Å². The van der Waals surface area contributed by atoms with Crippen LogP contribution in [0.5, 0.6) is 0 Å². The summed E-state index contributed by atoms with van der Waals surface area (Å²) in [5, 5.41) is 3.76. The van der Waals surface area contributed by atoms with E-state index in [1.807, 2.05) is 19.1 Å². The van der Waals surface area contributed by atoms with Crippen LogP contribution in [-0.2, 0) is 10.0 Å². The van der Waals surface area contributed by atoms with Crippen LogP contribution >= 0.6 is 27.3 Å². The lowest BCUT2D eigenvalue weighted by Gasteiger charge is -2.14. The number of sulfonamides is 1. The average molecular weight is 454 g/mol. The number of carbonyl (C=O) groups is 1. The number of benzene rings is 2. The van der Waals surface area contributed by atoms with Crippen molar-refractivity contribution in [3.8, 4) is 0 Å². The number of fused-ring (bicyclic) bond motifs is 1. The predicted octanol–water partition coefficient (Wildman–Crippen LogP) is 3.87. The maximum absolute atomic E-state index is 12.6. The van der Waals surface area contributed by atoms with Gasteiger partial charge in [0.25, 0.3) is 5.91 Å². The number of nitrogens with one attached hydrogen (secondary N) is 1. The average Bonchev–Trinajstić information content (AvgIpc) is 2.94. The molecule has 0 spiro atoms. The van der Waals surface area contributed by atoms with E-state index < -0.39 is 10.0 Å². The van der Waals surface area contributed by atoms with Gasteiger partial charge in [-0.3, -0.25) is 4.79 Å². The molecular formula is C17H16BrN3O3S2. The fraction of sp³-hybridized carbons (Fsp3) is 0.176. The summed E-state index contributed by atoms with van der Waals surface area (Å²) in [5.74, 6) is -0.381. The quantitative estimate of drug-likeness (QED) is 0.649. The highest BCUT2D eigenvalue weighted by Gasteiger charge is 2.22. The van der Waals surface area contributed by atoms with Crippen molar-refractivity contribution in [1.82, 2.24) is 9.29 Å². The molecule has 0 bridgehead atoms. The van der Waals surface area contributed by atoms with Crippen LogP contribution in [0.4, 0.5) is 5.69 Å². The highest BCUT2D eigenvalue weighted by molar-refractivity contribution is 9.10. The number of aryl methyl sites for hydroxylation is 1. The topological polar surface area (TPSA) is 79.4 Å². The fourth-order valence-electron chi connectivity index (χ4n) is 2.36. The third-order valence-electron chi connectivity index (χ3n) is 3.71. The van der Waals surface area contributed by atoms with Crippen LogP contribution in [0.2, 0.25) is 0 Å². The van der Waals surface area contributed by atoms with Crippen molar-refractivity contribution >= 4 is 59.1 Å². The number of carbonyl (C=O) groups excluding carboxylic acids is 1. The van der Waals surface area contributed by atoms with Gasteiger partial charge in [-0.05, 0) is 59.3 Å². The van der Waals surface area contributed by atoms with Crippen LogP contribution in [0.3, 0.4) is 0 Å². The van der Waals surface area contributed by atoms with Gasteiger partial charge < -0.3 is 5.32 Å². The Morgan fingerprint density at radius 2 is 1.92 bits per heavy atom. The lowest BCUT2D eigenvalue weighted by atomic mass is 10.2. The van der Waals surface area contributed by atoms with E-state index in [1.54, 1.807) is 29.5 Å². The summed E-state index contributed by atoms with van der Waals surface area (Å²) in [6.45, 7) is 1.93. The van der Waals surface area contributed by atoms with Gasteiger partial charge in [0.15, 0.2) is 0 Å².